The summed E-state index contributed by atoms with van der Waals surface area (Å²) in [7, 11) is 0. The molecule has 1 atom stereocenters. The van der Waals surface area contributed by atoms with Gasteiger partial charge in [0.15, 0.2) is 5.82 Å². The Kier molecular flexibility index (Phi) is 3.88. The summed E-state index contributed by atoms with van der Waals surface area (Å²) >= 11 is 0. The lowest BCUT2D eigenvalue weighted by Crippen LogP contribution is -2.09. The van der Waals surface area contributed by atoms with Crippen LogP contribution in [0.4, 0.5) is 8.78 Å². The van der Waals surface area contributed by atoms with Gasteiger partial charge in [0.1, 0.15) is 11.6 Å². The van der Waals surface area contributed by atoms with E-state index in [1.807, 2.05) is 0 Å². The molecule has 2 aromatic rings. The molecule has 0 aliphatic heterocycles. The van der Waals surface area contributed by atoms with Gasteiger partial charge >= 0.3 is 0 Å². The molecule has 19 heavy (non-hydrogen) atoms. The van der Waals surface area contributed by atoms with Crippen molar-refractivity contribution in [1.82, 2.24) is 10.1 Å². The zero-order valence-electron chi connectivity index (χ0n) is 9.94. The summed E-state index contributed by atoms with van der Waals surface area (Å²) in [6.45, 7) is 0. The van der Waals surface area contributed by atoms with E-state index in [-0.39, 0.29) is 18.7 Å². The SMILES string of the molecule is C#CCC(N)c1nc(Cc2cc(F)cc(F)c2)no1. The third-order valence-corrected chi connectivity index (χ3v) is 2.42. The molecule has 1 unspecified atom stereocenters. The van der Waals surface area contributed by atoms with Crippen LogP contribution in [0.2, 0.25) is 0 Å². The Morgan fingerprint density at radius 3 is 2.63 bits per heavy atom. The number of hydrogen-bond donors (Lipinski definition) is 1. The maximum atomic E-state index is 13.0. The van der Waals surface area contributed by atoms with E-state index >= 15 is 0 Å². The van der Waals surface area contributed by atoms with Crippen LogP contribution in [-0.2, 0) is 6.42 Å². The first-order valence-electron chi connectivity index (χ1n) is 5.55. The second-order valence-electron chi connectivity index (χ2n) is 4.02. The highest BCUT2D eigenvalue weighted by atomic mass is 19.1. The molecular formula is C13H11F2N3O. The first-order chi connectivity index (χ1) is 9.08. The van der Waals surface area contributed by atoms with Crippen molar-refractivity contribution in [3.8, 4) is 12.3 Å². The first-order valence-corrected chi connectivity index (χ1v) is 5.55. The summed E-state index contributed by atoms with van der Waals surface area (Å²) in [6.07, 6.45) is 5.55. The van der Waals surface area contributed by atoms with E-state index in [2.05, 4.69) is 16.1 Å². The molecule has 0 bridgehead atoms. The normalized spacial score (nSPS) is 12.1. The Hall–Kier alpha value is -2.26. The molecule has 98 valence electrons. The Morgan fingerprint density at radius 2 is 2.00 bits per heavy atom. The molecule has 1 aromatic carbocycles. The first kappa shape index (κ1) is 13.2. The molecule has 4 nitrogen and oxygen atoms in total. The summed E-state index contributed by atoms with van der Waals surface area (Å²) in [6, 6.07) is 2.69. The number of hydrogen-bond acceptors (Lipinski definition) is 4. The fraction of sp³-hybridized carbons (Fsp3) is 0.231. The average Bonchev–Trinajstić information content (AvgIpc) is 2.76. The molecular weight excluding hydrogens is 252 g/mol. The minimum Gasteiger partial charge on any atom is -0.338 e. The van der Waals surface area contributed by atoms with Crippen LogP contribution in [0.1, 0.15) is 29.7 Å². The minimum atomic E-state index is -0.650. The summed E-state index contributed by atoms with van der Waals surface area (Å²) in [5, 5.41) is 3.69. The molecule has 2 rings (SSSR count). The van der Waals surface area contributed by atoms with Crippen molar-refractivity contribution in [1.29, 1.82) is 0 Å². The highest BCUT2D eigenvalue weighted by Gasteiger charge is 2.14. The molecule has 0 spiro atoms. The van der Waals surface area contributed by atoms with E-state index < -0.39 is 17.7 Å². The summed E-state index contributed by atoms with van der Waals surface area (Å²) in [5.41, 5.74) is 6.11. The molecule has 2 N–H and O–H groups in total. The van der Waals surface area contributed by atoms with E-state index in [9.17, 15) is 8.78 Å². The van der Waals surface area contributed by atoms with Crippen molar-refractivity contribution in [3.63, 3.8) is 0 Å². The van der Waals surface area contributed by atoms with Crippen LogP contribution in [0.25, 0.3) is 0 Å². The zero-order valence-corrected chi connectivity index (χ0v) is 9.94. The second kappa shape index (κ2) is 5.59. The predicted molar refractivity (Wildman–Crippen MR) is 63.8 cm³/mol. The van der Waals surface area contributed by atoms with Crippen LogP contribution in [0.15, 0.2) is 22.7 Å². The number of aromatic nitrogens is 2. The molecule has 0 aliphatic rings. The standard InChI is InChI=1S/C13H11F2N3O/c1-2-3-11(16)13-17-12(18-19-13)6-8-4-9(14)7-10(15)5-8/h1,4-5,7,11H,3,6,16H2. The molecule has 0 radical (unpaired) electrons. The van der Waals surface area contributed by atoms with E-state index in [1.54, 1.807) is 0 Å². The second-order valence-corrected chi connectivity index (χ2v) is 4.02. The summed E-state index contributed by atoms with van der Waals surface area (Å²) in [4.78, 5) is 4.04. The van der Waals surface area contributed by atoms with Gasteiger partial charge in [0, 0.05) is 18.9 Å². The van der Waals surface area contributed by atoms with Crippen LogP contribution in [0.5, 0.6) is 0 Å². The lowest BCUT2D eigenvalue weighted by Gasteiger charge is -1.99. The predicted octanol–water partition coefficient (Wildman–Crippen LogP) is 1.96. The number of terminal acetylenes is 1. The largest absolute Gasteiger partial charge is 0.338 e. The highest BCUT2D eigenvalue weighted by Crippen LogP contribution is 2.14. The summed E-state index contributed by atoms with van der Waals surface area (Å²) < 4.78 is 31.0. The van der Waals surface area contributed by atoms with Crippen molar-refractivity contribution in [3.05, 3.63) is 47.1 Å². The monoisotopic (exact) mass is 263 g/mol. The highest BCUT2D eigenvalue weighted by molar-refractivity contribution is 5.21. The van der Waals surface area contributed by atoms with Crippen LogP contribution in [0.3, 0.4) is 0 Å². The van der Waals surface area contributed by atoms with Gasteiger partial charge < -0.3 is 10.3 Å². The molecule has 0 aliphatic carbocycles. The maximum absolute atomic E-state index is 13.0. The van der Waals surface area contributed by atoms with Gasteiger partial charge in [-0.25, -0.2) is 8.78 Å². The van der Waals surface area contributed by atoms with E-state index in [4.69, 9.17) is 16.7 Å². The molecule has 0 saturated heterocycles. The van der Waals surface area contributed by atoms with Gasteiger partial charge in [-0.3, -0.25) is 0 Å². The minimum absolute atomic E-state index is 0.154. The lowest BCUT2D eigenvalue weighted by molar-refractivity contribution is 0.353. The third kappa shape index (κ3) is 3.36. The fourth-order valence-corrected chi connectivity index (χ4v) is 1.60. The Balaban J connectivity index is 2.13. The lowest BCUT2D eigenvalue weighted by atomic mass is 10.1. The molecule has 6 heteroatoms. The van der Waals surface area contributed by atoms with Crippen LogP contribution < -0.4 is 5.73 Å². The fourth-order valence-electron chi connectivity index (χ4n) is 1.60. The molecule has 0 amide bonds. The third-order valence-electron chi connectivity index (χ3n) is 2.42. The van der Waals surface area contributed by atoms with Gasteiger partial charge in [0.05, 0.1) is 6.04 Å². The van der Waals surface area contributed by atoms with Gasteiger partial charge in [-0.05, 0) is 17.7 Å². The van der Waals surface area contributed by atoms with Gasteiger partial charge in [0.25, 0.3) is 0 Å². The van der Waals surface area contributed by atoms with Gasteiger partial charge in [-0.2, -0.15) is 4.98 Å². The molecule has 0 fully saturated rings. The topological polar surface area (TPSA) is 64.9 Å². The van der Waals surface area contributed by atoms with E-state index in [1.165, 1.54) is 12.1 Å². The number of rotatable bonds is 4. The number of benzene rings is 1. The number of nitrogens with two attached hydrogens (primary N) is 1. The van der Waals surface area contributed by atoms with Crippen molar-refractivity contribution >= 4 is 0 Å². The maximum Gasteiger partial charge on any atom is 0.244 e. The smallest absolute Gasteiger partial charge is 0.244 e. The summed E-state index contributed by atoms with van der Waals surface area (Å²) in [5.74, 6) is 1.60. The number of nitrogens with zero attached hydrogens (tertiary/aromatic N) is 2. The quantitative estimate of drug-likeness (QED) is 0.856. The Bertz CT molecular complexity index is 598. The van der Waals surface area contributed by atoms with Crippen LogP contribution >= 0.6 is 0 Å². The van der Waals surface area contributed by atoms with Gasteiger partial charge in [-0.15, -0.1) is 12.3 Å². The van der Waals surface area contributed by atoms with Gasteiger partial charge in [0.2, 0.25) is 5.89 Å². The van der Waals surface area contributed by atoms with E-state index in [0.717, 1.165) is 6.07 Å². The molecule has 0 saturated carbocycles. The van der Waals surface area contributed by atoms with E-state index in [0.29, 0.717) is 11.4 Å². The van der Waals surface area contributed by atoms with Crippen LogP contribution in [0, 0.1) is 24.0 Å². The van der Waals surface area contributed by atoms with Crippen molar-refractivity contribution in [2.45, 2.75) is 18.9 Å². The van der Waals surface area contributed by atoms with Gasteiger partial charge in [-0.1, -0.05) is 5.16 Å². The Labute approximate surface area is 108 Å². The van der Waals surface area contributed by atoms with Crippen molar-refractivity contribution in [2.75, 3.05) is 0 Å². The van der Waals surface area contributed by atoms with Crippen molar-refractivity contribution in [2.24, 2.45) is 5.73 Å². The molecule has 1 aromatic heterocycles. The zero-order chi connectivity index (χ0) is 13.8. The van der Waals surface area contributed by atoms with Crippen molar-refractivity contribution < 1.29 is 13.3 Å². The molecule has 1 heterocycles. The number of halogens is 2. The van der Waals surface area contributed by atoms with Crippen LogP contribution in [-0.4, -0.2) is 10.1 Å². The average molecular weight is 263 g/mol. The Morgan fingerprint density at radius 1 is 1.32 bits per heavy atom.